The van der Waals surface area contributed by atoms with Crippen LogP contribution in [0.15, 0.2) is 54.6 Å². The van der Waals surface area contributed by atoms with Crippen LogP contribution in [0.25, 0.3) is 0 Å². The molecule has 17 nitrogen and oxygen atoms in total. The van der Waals surface area contributed by atoms with Crippen molar-refractivity contribution in [1.82, 2.24) is 31.1 Å². The van der Waals surface area contributed by atoms with Crippen molar-refractivity contribution in [3.05, 3.63) is 65.7 Å². The zero-order chi connectivity index (χ0) is 43.9. The van der Waals surface area contributed by atoms with Gasteiger partial charge in [0, 0.05) is 25.9 Å². The van der Waals surface area contributed by atoms with E-state index in [1.165, 1.54) is 33.7 Å². The van der Waals surface area contributed by atoms with Gasteiger partial charge in [-0.05, 0) is 73.3 Å². The van der Waals surface area contributed by atoms with Crippen LogP contribution in [-0.4, -0.2) is 141 Å². The first-order chi connectivity index (χ1) is 28.7. The van der Waals surface area contributed by atoms with Gasteiger partial charge in [0.25, 0.3) is 0 Å². The van der Waals surface area contributed by atoms with Crippen molar-refractivity contribution in [3.63, 3.8) is 0 Å². The van der Waals surface area contributed by atoms with Gasteiger partial charge in [-0.1, -0.05) is 62.7 Å². The Bertz CT molecular complexity index is 1800. The number of thioether (sulfide) groups is 1. The summed E-state index contributed by atoms with van der Waals surface area (Å²) >= 11 is 1.48. The second-order valence-electron chi connectivity index (χ2n) is 15.4. The Kier molecular flexibility index (Phi) is 18.2. The van der Waals surface area contributed by atoms with Crippen LogP contribution < -0.4 is 27.0 Å². The number of rotatable bonds is 21. The summed E-state index contributed by atoms with van der Waals surface area (Å²) in [5, 5.41) is 39.8. The Labute approximate surface area is 354 Å². The third-order valence-corrected chi connectivity index (χ3v) is 11.8. The van der Waals surface area contributed by atoms with Gasteiger partial charge in [0.15, 0.2) is 0 Å². The van der Waals surface area contributed by atoms with E-state index in [2.05, 4.69) is 21.3 Å². The molecular weight excluding hydrogens is 795 g/mol. The Balaban J connectivity index is 1.50. The number of aliphatic hydroxyl groups is 1. The van der Waals surface area contributed by atoms with Gasteiger partial charge in [0.05, 0.1) is 6.61 Å². The van der Waals surface area contributed by atoms with Crippen LogP contribution in [0.3, 0.4) is 0 Å². The molecule has 0 saturated carbocycles. The standard InChI is InChI=1S/C42H59N7O10S/c1-4-25(2)35(39(55)45-31(22-26-10-6-5-7-11-26)37(53)46-32(42(58)59)23-27-14-16-28(51)17-15-27)47-38(54)33-12-8-19-48(33)41(57)34-13-9-20-49(34)40(56)30(18-21-60-3)44-36(52)29(43)24-50/h5-7,10-11,14-17,25,29-35,50-51H,4,8-9,12-13,18-24,43H2,1-3H3,(H,44,52)(H,45,55)(H,46,53)(H,47,54)(H,58,59)/t25-,29-,30-,31-,32-,33-,34-,35-/m0/s1. The van der Waals surface area contributed by atoms with Crippen LogP contribution in [-0.2, 0) is 46.4 Å². The molecule has 4 rings (SSSR count). The third kappa shape index (κ3) is 12.9. The molecule has 18 heteroatoms. The van der Waals surface area contributed by atoms with Crippen LogP contribution in [0.2, 0.25) is 0 Å². The SMILES string of the molecule is CC[C@H](C)[C@H](NC(=O)[C@@H]1CCCN1C(=O)[C@@H]1CCCN1C(=O)[C@H](CCSC)NC(=O)[C@@H](N)CO)C(=O)N[C@@H](Cc1ccccc1)C(=O)N[C@@H](Cc1ccc(O)cc1)C(=O)O. The first-order valence-corrected chi connectivity index (χ1v) is 21.8. The van der Waals surface area contributed by atoms with E-state index in [9.17, 15) is 48.9 Å². The van der Waals surface area contributed by atoms with E-state index in [4.69, 9.17) is 5.73 Å². The molecule has 0 unspecified atom stereocenters. The van der Waals surface area contributed by atoms with E-state index in [-0.39, 0.29) is 38.1 Å². The highest BCUT2D eigenvalue weighted by atomic mass is 32.2. The lowest BCUT2D eigenvalue weighted by atomic mass is 9.96. The van der Waals surface area contributed by atoms with Crippen LogP contribution >= 0.6 is 11.8 Å². The van der Waals surface area contributed by atoms with Gasteiger partial charge in [-0.25, -0.2) is 4.79 Å². The smallest absolute Gasteiger partial charge is 0.326 e. The number of likely N-dealkylation sites (tertiary alicyclic amines) is 2. The van der Waals surface area contributed by atoms with Crippen LogP contribution in [0, 0.1) is 5.92 Å². The number of phenolic OH excluding ortho intramolecular Hbond substituents is 1. The molecule has 0 radical (unpaired) electrons. The van der Waals surface area contributed by atoms with E-state index in [0.717, 1.165) is 0 Å². The maximum Gasteiger partial charge on any atom is 0.326 e. The lowest BCUT2D eigenvalue weighted by Crippen LogP contribution is -2.60. The van der Waals surface area contributed by atoms with Crippen LogP contribution in [0.1, 0.15) is 63.5 Å². The molecule has 2 heterocycles. The van der Waals surface area contributed by atoms with Crippen molar-refractivity contribution in [2.24, 2.45) is 11.7 Å². The molecular formula is C42H59N7O10S. The number of nitrogens with zero attached hydrogens (tertiary/aromatic N) is 2. The number of aliphatic hydroxyl groups excluding tert-OH is 1. The molecule has 6 amide bonds. The third-order valence-electron chi connectivity index (χ3n) is 11.1. The Morgan fingerprint density at radius 1 is 0.783 bits per heavy atom. The minimum atomic E-state index is -1.36. The molecule has 0 spiro atoms. The molecule has 2 aliphatic heterocycles. The maximum absolute atomic E-state index is 14.2. The molecule has 2 aromatic rings. The van der Waals surface area contributed by atoms with Gasteiger partial charge < -0.3 is 52.1 Å². The highest BCUT2D eigenvalue weighted by Gasteiger charge is 2.44. The summed E-state index contributed by atoms with van der Waals surface area (Å²) in [5.74, 6) is -4.69. The van der Waals surface area contributed by atoms with Gasteiger partial charge in [0.2, 0.25) is 35.4 Å². The second-order valence-corrected chi connectivity index (χ2v) is 16.4. The van der Waals surface area contributed by atoms with Crippen molar-refractivity contribution < 1.29 is 48.9 Å². The summed E-state index contributed by atoms with van der Waals surface area (Å²) in [5.41, 5.74) is 6.94. The predicted octanol–water partition coefficient (Wildman–Crippen LogP) is 0.302. The molecule has 328 valence electrons. The van der Waals surface area contributed by atoms with E-state index in [1.807, 2.05) is 13.2 Å². The highest BCUT2D eigenvalue weighted by molar-refractivity contribution is 7.98. The molecule has 0 aliphatic carbocycles. The maximum atomic E-state index is 14.2. The molecule has 60 heavy (non-hydrogen) atoms. The number of carbonyl (C=O) groups is 7. The van der Waals surface area contributed by atoms with Crippen molar-refractivity contribution in [2.75, 3.05) is 31.7 Å². The summed E-state index contributed by atoms with van der Waals surface area (Å²) in [6.45, 7) is 3.54. The molecule has 0 bridgehead atoms. The number of nitrogens with one attached hydrogen (secondary N) is 4. The molecule has 2 saturated heterocycles. The average molecular weight is 854 g/mol. The van der Waals surface area contributed by atoms with E-state index in [1.54, 1.807) is 49.4 Å². The molecule has 8 atom stereocenters. The zero-order valence-electron chi connectivity index (χ0n) is 34.4. The normalized spacial score (nSPS) is 19.3. The number of carbonyl (C=O) groups excluding carboxylic acids is 6. The number of hydrogen-bond donors (Lipinski definition) is 8. The first-order valence-electron chi connectivity index (χ1n) is 20.4. The molecule has 2 fully saturated rings. The summed E-state index contributed by atoms with van der Waals surface area (Å²) in [6.07, 6.45) is 4.24. The number of carboxylic acids is 1. The predicted molar refractivity (Wildman–Crippen MR) is 224 cm³/mol. The van der Waals surface area contributed by atoms with Crippen molar-refractivity contribution in [3.8, 4) is 5.75 Å². The number of benzene rings is 2. The van der Waals surface area contributed by atoms with Gasteiger partial charge in [0.1, 0.15) is 48.0 Å². The van der Waals surface area contributed by atoms with Crippen LogP contribution in [0.5, 0.6) is 5.75 Å². The molecule has 2 aliphatic rings. The Morgan fingerprint density at radius 2 is 1.37 bits per heavy atom. The molecule has 0 aromatic heterocycles. The topological polar surface area (TPSA) is 261 Å². The highest BCUT2D eigenvalue weighted by Crippen LogP contribution is 2.27. The summed E-state index contributed by atoms with van der Waals surface area (Å²) in [7, 11) is 0. The minimum Gasteiger partial charge on any atom is -0.508 e. The fourth-order valence-corrected chi connectivity index (χ4v) is 7.92. The fourth-order valence-electron chi connectivity index (χ4n) is 7.45. The summed E-state index contributed by atoms with van der Waals surface area (Å²) in [6, 6.07) is 7.07. The molecule has 9 N–H and O–H groups in total. The number of nitrogens with two attached hydrogens (primary N) is 1. The average Bonchev–Trinajstić information content (AvgIpc) is 3.95. The summed E-state index contributed by atoms with van der Waals surface area (Å²) < 4.78 is 0. The zero-order valence-corrected chi connectivity index (χ0v) is 35.2. The van der Waals surface area contributed by atoms with Crippen LogP contribution in [0.4, 0.5) is 0 Å². The number of aromatic hydroxyl groups is 1. The monoisotopic (exact) mass is 853 g/mol. The van der Waals surface area contributed by atoms with Gasteiger partial charge in [-0.3, -0.25) is 28.8 Å². The quantitative estimate of drug-likeness (QED) is 0.0844. The number of carboxylic acid groups (broad SMARTS) is 1. The lowest BCUT2D eigenvalue weighted by Gasteiger charge is -2.34. The number of amides is 6. The minimum absolute atomic E-state index is 0.00323. The Hall–Kier alpha value is -5.20. The Morgan fingerprint density at radius 3 is 1.98 bits per heavy atom. The van der Waals surface area contributed by atoms with E-state index >= 15 is 0 Å². The number of hydrogen-bond acceptors (Lipinski definition) is 11. The van der Waals surface area contributed by atoms with E-state index in [0.29, 0.717) is 49.0 Å². The van der Waals surface area contributed by atoms with Gasteiger partial charge in [-0.2, -0.15) is 11.8 Å². The lowest BCUT2D eigenvalue weighted by molar-refractivity contribution is -0.148. The van der Waals surface area contributed by atoms with Crippen molar-refractivity contribution in [2.45, 2.75) is 108 Å². The fraction of sp³-hybridized carbons (Fsp3) is 0.548. The first kappa shape index (κ1) is 47.5. The van der Waals surface area contributed by atoms with Gasteiger partial charge in [-0.15, -0.1) is 0 Å². The largest absolute Gasteiger partial charge is 0.508 e. The summed E-state index contributed by atoms with van der Waals surface area (Å²) in [4.78, 5) is 97.8. The number of aliphatic carboxylic acids is 1. The second kappa shape index (κ2) is 23.0. The molecule has 2 aromatic carbocycles. The number of phenols is 1. The van der Waals surface area contributed by atoms with Crippen molar-refractivity contribution in [1.29, 1.82) is 0 Å². The van der Waals surface area contributed by atoms with Crippen molar-refractivity contribution >= 4 is 53.2 Å². The van der Waals surface area contributed by atoms with Gasteiger partial charge >= 0.3 is 5.97 Å². The van der Waals surface area contributed by atoms with E-state index < -0.39 is 96.2 Å².